The van der Waals surface area contributed by atoms with E-state index in [-0.39, 0.29) is 0 Å². The van der Waals surface area contributed by atoms with E-state index >= 15 is 0 Å². The minimum Gasteiger partial charge on any atom is -0.308 e. The van der Waals surface area contributed by atoms with Gasteiger partial charge in [0.15, 0.2) is 17.3 Å². The molecule has 11 aromatic rings. The van der Waals surface area contributed by atoms with Crippen molar-refractivity contribution in [2.24, 2.45) is 0 Å². The Morgan fingerprint density at radius 1 is 0.339 bits per heavy atom. The van der Waals surface area contributed by atoms with Crippen molar-refractivity contribution < 1.29 is 0 Å². The minimum atomic E-state index is 0.465. The minimum absolute atomic E-state index is 0.465. The topological polar surface area (TPSA) is 74.3 Å². The maximum absolute atomic E-state index is 5.48. The first-order chi connectivity index (χ1) is 27.8. The Morgan fingerprint density at radius 2 is 0.893 bits per heavy atom. The summed E-state index contributed by atoms with van der Waals surface area (Å²) < 4.78 is 4.32. The van der Waals surface area contributed by atoms with E-state index in [0.717, 1.165) is 83.1 Å². The van der Waals surface area contributed by atoms with Crippen molar-refractivity contribution in [3.63, 3.8) is 0 Å². The van der Waals surface area contributed by atoms with E-state index in [9.17, 15) is 0 Å². The second-order valence-corrected chi connectivity index (χ2v) is 13.8. The van der Waals surface area contributed by atoms with E-state index in [1.165, 1.54) is 0 Å². The zero-order chi connectivity index (χ0) is 37.0. The lowest BCUT2D eigenvalue weighted by molar-refractivity contribution is 0.945. The zero-order valence-corrected chi connectivity index (χ0v) is 30.0. The summed E-state index contributed by atoms with van der Waals surface area (Å²) in [6.07, 6.45) is 1.83. The third-order valence-electron chi connectivity index (χ3n) is 10.4. The highest BCUT2D eigenvalue weighted by Gasteiger charge is 2.23. The molecule has 56 heavy (non-hydrogen) atoms. The first-order valence-electron chi connectivity index (χ1n) is 18.6. The van der Waals surface area contributed by atoms with Crippen molar-refractivity contribution >= 4 is 44.0 Å². The lowest BCUT2D eigenvalue weighted by atomic mass is 10.0. The fourth-order valence-corrected chi connectivity index (χ4v) is 7.82. The lowest BCUT2D eigenvalue weighted by Gasteiger charge is -2.12. The molecule has 0 unspecified atom stereocenters. The van der Waals surface area contributed by atoms with Gasteiger partial charge in [-0.15, -0.1) is 0 Å². The number of para-hydroxylation sites is 2. The Kier molecular flexibility index (Phi) is 7.35. The first-order valence-corrected chi connectivity index (χ1v) is 18.6. The van der Waals surface area contributed by atoms with Gasteiger partial charge in [-0.3, -0.25) is 9.55 Å². The van der Waals surface area contributed by atoms with Crippen molar-refractivity contribution in [1.82, 2.24) is 34.1 Å². The standard InChI is InChI=1S/C49H31N7/c1-4-15-32(16-5-1)34-19-12-21-36(29-34)46-52-47(37-22-13-20-35(30-37)33-17-6-2-7-18-33)54-49(53-46)56-42-27-14-28-50-44(42)40-31-43-45(51-48(40)56)39-25-10-11-26-41(39)55(43)38-23-8-3-9-24-38/h1-31H. The van der Waals surface area contributed by atoms with Gasteiger partial charge in [-0.05, 0) is 70.8 Å². The van der Waals surface area contributed by atoms with Crippen molar-refractivity contribution in [3.05, 3.63) is 188 Å². The van der Waals surface area contributed by atoms with Crippen LogP contribution >= 0.6 is 0 Å². The van der Waals surface area contributed by atoms with Crippen LogP contribution in [0.3, 0.4) is 0 Å². The maximum Gasteiger partial charge on any atom is 0.240 e. The molecule has 11 rings (SSSR count). The summed E-state index contributed by atoms with van der Waals surface area (Å²) in [4.78, 5) is 26.1. The van der Waals surface area contributed by atoms with E-state index in [1.54, 1.807) is 0 Å². The summed E-state index contributed by atoms with van der Waals surface area (Å²) >= 11 is 0. The van der Waals surface area contributed by atoms with E-state index < -0.39 is 0 Å². The quantitative estimate of drug-likeness (QED) is 0.171. The van der Waals surface area contributed by atoms with Gasteiger partial charge in [0.25, 0.3) is 0 Å². The zero-order valence-electron chi connectivity index (χ0n) is 30.0. The molecule has 0 aliphatic carbocycles. The van der Waals surface area contributed by atoms with Crippen LogP contribution in [0.5, 0.6) is 0 Å². The normalized spacial score (nSPS) is 11.6. The number of nitrogens with zero attached hydrogens (tertiary/aromatic N) is 7. The van der Waals surface area contributed by atoms with Gasteiger partial charge in [-0.2, -0.15) is 9.97 Å². The van der Waals surface area contributed by atoms with Gasteiger partial charge in [0, 0.05) is 33.8 Å². The highest BCUT2D eigenvalue weighted by atomic mass is 15.2. The second kappa shape index (κ2) is 13.0. The average molecular weight is 718 g/mol. The molecule has 7 heteroatoms. The van der Waals surface area contributed by atoms with Gasteiger partial charge in [-0.25, -0.2) is 9.97 Å². The fourth-order valence-electron chi connectivity index (χ4n) is 7.82. The summed E-state index contributed by atoms with van der Waals surface area (Å²) in [6, 6.07) is 62.6. The molecule has 0 aliphatic rings. The lowest BCUT2D eigenvalue weighted by Crippen LogP contribution is -2.07. The third-order valence-corrected chi connectivity index (χ3v) is 10.4. The molecule has 5 aromatic heterocycles. The largest absolute Gasteiger partial charge is 0.308 e. The maximum atomic E-state index is 5.48. The van der Waals surface area contributed by atoms with Crippen molar-refractivity contribution in [2.45, 2.75) is 0 Å². The number of fused-ring (bicyclic) bond motifs is 6. The predicted octanol–water partition coefficient (Wildman–Crippen LogP) is 11.5. The van der Waals surface area contributed by atoms with Crippen LogP contribution in [0.4, 0.5) is 0 Å². The highest BCUT2D eigenvalue weighted by Crippen LogP contribution is 2.37. The van der Waals surface area contributed by atoms with Gasteiger partial charge in [0.1, 0.15) is 0 Å². The summed E-state index contributed by atoms with van der Waals surface area (Å²) in [6.45, 7) is 0. The van der Waals surface area contributed by atoms with Crippen LogP contribution in [0.15, 0.2) is 188 Å². The van der Waals surface area contributed by atoms with Crippen LogP contribution in [0, 0.1) is 0 Å². The molecular weight excluding hydrogens is 687 g/mol. The second-order valence-electron chi connectivity index (χ2n) is 13.8. The van der Waals surface area contributed by atoms with Crippen molar-refractivity contribution in [3.8, 4) is 56.7 Å². The SMILES string of the molecule is c1ccc(-c2cccc(-c3nc(-c4cccc(-c5ccccc5)c4)nc(-n4c5cccnc5c5cc6c(nc54)c4ccccc4n6-c4ccccc4)n3)c2)cc1. The average Bonchev–Trinajstić information content (AvgIpc) is 3.78. The van der Waals surface area contributed by atoms with Crippen LogP contribution in [0.1, 0.15) is 0 Å². The predicted molar refractivity (Wildman–Crippen MR) is 226 cm³/mol. The van der Waals surface area contributed by atoms with Crippen molar-refractivity contribution in [1.29, 1.82) is 0 Å². The van der Waals surface area contributed by atoms with Crippen LogP contribution in [-0.2, 0) is 0 Å². The molecule has 0 aliphatic heterocycles. The Labute approximate surface area is 321 Å². The van der Waals surface area contributed by atoms with E-state index in [0.29, 0.717) is 17.6 Å². The van der Waals surface area contributed by atoms with E-state index in [1.807, 2.05) is 35.0 Å². The number of hydrogen-bond donors (Lipinski definition) is 0. The molecule has 0 atom stereocenters. The number of rotatable bonds is 6. The van der Waals surface area contributed by atoms with Crippen LogP contribution < -0.4 is 0 Å². The molecule has 5 heterocycles. The number of hydrogen-bond acceptors (Lipinski definition) is 5. The fraction of sp³-hybridized carbons (Fsp3) is 0. The number of benzene rings is 6. The smallest absolute Gasteiger partial charge is 0.240 e. The Hall–Kier alpha value is -7.77. The van der Waals surface area contributed by atoms with Crippen molar-refractivity contribution in [2.75, 3.05) is 0 Å². The molecule has 7 nitrogen and oxygen atoms in total. The van der Waals surface area contributed by atoms with E-state index in [4.69, 9.17) is 24.9 Å². The van der Waals surface area contributed by atoms with Crippen LogP contribution in [0.25, 0.3) is 101 Å². The number of pyridine rings is 2. The third kappa shape index (κ3) is 5.25. The molecule has 0 radical (unpaired) electrons. The summed E-state index contributed by atoms with van der Waals surface area (Å²) in [5.41, 5.74) is 12.6. The number of aromatic nitrogens is 7. The molecular formula is C49H31N7. The highest BCUT2D eigenvalue weighted by molar-refractivity contribution is 6.14. The first kappa shape index (κ1) is 31.7. The molecule has 262 valence electrons. The van der Waals surface area contributed by atoms with Gasteiger partial charge in [-0.1, -0.05) is 133 Å². The summed E-state index contributed by atoms with van der Waals surface area (Å²) in [5.74, 6) is 1.59. The van der Waals surface area contributed by atoms with Crippen LogP contribution in [0.2, 0.25) is 0 Å². The molecule has 6 aromatic carbocycles. The van der Waals surface area contributed by atoms with Crippen LogP contribution in [-0.4, -0.2) is 34.1 Å². The molecule has 0 saturated heterocycles. The van der Waals surface area contributed by atoms with Gasteiger partial charge in [0.2, 0.25) is 5.95 Å². The molecule has 0 saturated carbocycles. The molecule has 0 amide bonds. The van der Waals surface area contributed by atoms with E-state index in [2.05, 4.69) is 162 Å². The Bertz CT molecular complexity index is 3140. The van der Waals surface area contributed by atoms with Gasteiger partial charge in [0.05, 0.1) is 27.6 Å². The van der Waals surface area contributed by atoms with Gasteiger partial charge >= 0.3 is 0 Å². The Balaban J connectivity index is 1.19. The summed E-state index contributed by atoms with van der Waals surface area (Å²) in [7, 11) is 0. The molecule has 0 N–H and O–H groups in total. The Morgan fingerprint density at radius 3 is 1.55 bits per heavy atom. The molecule has 0 spiro atoms. The van der Waals surface area contributed by atoms with Gasteiger partial charge < -0.3 is 4.57 Å². The molecule has 0 bridgehead atoms. The summed E-state index contributed by atoms with van der Waals surface area (Å²) in [5, 5.41) is 1.97. The molecule has 0 fully saturated rings. The monoisotopic (exact) mass is 717 g/mol.